The van der Waals surface area contributed by atoms with E-state index in [1.165, 1.54) is 25.0 Å². The zero-order valence-corrected chi connectivity index (χ0v) is 13.8. The molecule has 0 bridgehead atoms. The van der Waals surface area contributed by atoms with E-state index in [2.05, 4.69) is 25.6 Å². The van der Waals surface area contributed by atoms with E-state index in [-0.39, 0.29) is 15.4 Å². The molecule has 0 amide bonds. The van der Waals surface area contributed by atoms with E-state index >= 15 is 0 Å². The molecule has 1 unspecified atom stereocenters. The number of nitrogens with one attached hydrogen (secondary N) is 1. The minimum atomic E-state index is -3.67. The Labute approximate surface area is 127 Å². The lowest BCUT2D eigenvalue weighted by molar-refractivity contribution is 0.248. The van der Waals surface area contributed by atoms with Crippen LogP contribution in [0.1, 0.15) is 19.8 Å². The number of sulfonamides is 1. The van der Waals surface area contributed by atoms with Crippen molar-refractivity contribution in [3.05, 3.63) is 28.5 Å². The fourth-order valence-corrected chi connectivity index (χ4v) is 3.32. The Kier molecular flexibility index (Phi) is 4.84. The second-order valence-electron chi connectivity index (χ2n) is 5.17. The fourth-order valence-electron chi connectivity index (χ4n) is 1.94. The Hall–Kier alpha value is -0.500. The van der Waals surface area contributed by atoms with Crippen molar-refractivity contribution in [3.63, 3.8) is 0 Å². The van der Waals surface area contributed by atoms with Crippen molar-refractivity contribution < 1.29 is 12.8 Å². The van der Waals surface area contributed by atoms with Gasteiger partial charge in [-0.05, 0) is 60.9 Å². The molecule has 4 nitrogen and oxygen atoms in total. The van der Waals surface area contributed by atoms with Crippen molar-refractivity contribution in [1.82, 2.24) is 9.62 Å². The third-order valence-electron chi connectivity index (χ3n) is 3.59. The minimum absolute atomic E-state index is 0.0560. The van der Waals surface area contributed by atoms with Gasteiger partial charge in [-0.1, -0.05) is 0 Å². The number of hydrogen-bond acceptors (Lipinski definition) is 3. The van der Waals surface area contributed by atoms with Crippen LogP contribution in [0.3, 0.4) is 0 Å². The monoisotopic (exact) mass is 364 g/mol. The summed E-state index contributed by atoms with van der Waals surface area (Å²) in [5.41, 5.74) is 0. The van der Waals surface area contributed by atoms with Gasteiger partial charge in [0.25, 0.3) is 0 Å². The molecule has 0 aromatic heterocycles. The minimum Gasteiger partial charge on any atom is -0.299 e. The SMILES string of the molecule is CC(CNS(=O)(=O)c1ccc(Br)c(F)c1)N(C)C1CC1. The number of halogens is 2. The Morgan fingerprint density at radius 1 is 1.50 bits per heavy atom. The van der Waals surface area contributed by atoms with Gasteiger partial charge in [0.15, 0.2) is 0 Å². The largest absolute Gasteiger partial charge is 0.299 e. The molecule has 1 fully saturated rings. The molecular formula is C13H18BrFN2O2S. The highest BCUT2D eigenvalue weighted by Gasteiger charge is 2.29. The van der Waals surface area contributed by atoms with Gasteiger partial charge in [0.1, 0.15) is 5.82 Å². The zero-order chi connectivity index (χ0) is 14.9. The summed E-state index contributed by atoms with van der Waals surface area (Å²) in [4.78, 5) is 2.12. The van der Waals surface area contributed by atoms with Crippen molar-refractivity contribution in [2.45, 2.75) is 36.7 Å². The summed E-state index contributed by atoms with van der Waals surface area (Å²) in [6.45, 7) is 2.29. The molecule has 20 heavy (non-hydrogen) atoms. The van der Waals surface area contributed by atoms with Gasteiger partial charge < -0.3 is 0 Å². The van der Waals surface area contributed by atoms with Crippen molar-refractivity contribution in [1.29, 1.82) is 0 Å². The molecule has 0 saturated heterocycles. The van der Waals surface area contributed by atoms with Crippen LogP contribution in [0, 0.1) is 5.82 Å². The fraction of sp³-hybridized carbons (Fsp3) is 0.538. The third-order valence-corrected chi connectivity index (χ3v) is 5.65. The van der Waals surface area contributed by atoms with Crippen LogP contribution in [0.2, 0.25) is 0 Å². The lowest BCUT2D eigenvalue weighted by atomic mass is 10.3. The van der Waals surface area contributed by atoms with Crippen LogP contribution < -0.4 is 4.72 Å². The van der Waals surface area contributed by atoms with Crippen LogP contribution >= 0.6 is 15.9 Å². The lowest BCUT2D eigenvalue weighted by Crippen LogP contribution is -2.41. The summed E-state index contributed by atoms with van der Waals surface area (Å²) in [5, 5.41) is 0. The molecule has 1 aliphatic carbocycles. The molecule has 112 valence electrons. The summed E-state index contributed by atoms with van der Waals surface area (Å²) in [6, 6.07) is 4.47. The van der Waals surface area contributed by atoms with E-state index in [4.69, 9.17) is 0 Å². The van der Waals surface area contributed by atoms with Crippen molar-refractivity contribution in [2.24, 2.45) is 0 Å². The van der Waals surface area contributed by atoms with E-state index in [9.17, 15) is 12.8 Å². The van der Waals surface area contributed by atoms with Crippen LogP contribution in [0.25, 0.3) is 0 Å². The quantitative estimate of drug-likeness (QED) is 0.842. The maximum atomic E-state index is 13.4. The van der Waals surface area contributed by atoms with Gasteiger partial charge in [-0.2, -0.15) is 0 Å². The van der Waals surface area contributed by atoms with Crippen LogP contribution in [-0.4, -0.2) is 39.0 Å². The van der Waals surface area contributed by atoms with Gasteiger partial charge in [0.05, 0.1) is 9.37 Å². The zero-order valence-electron chi connectivity index (χ0n) is 11.4. The second kappa shape index (κ2) is 6.09. The van der Waals surface area contributed by atoms with E-state index in [0.29, 0.717) is 12.6 Å². The van der Waals surface area contributed by atoms with Gasteiger partial charge in [-0.25, -0.2) is 17.5 Å². The van der Waals surface area contributed by atoms with Crippen LogP contribution in [-0.2, 0) is 10.0 Å². The molecule has 0 radical (unpaired) electrons. The van der Waals surface area contributed by atoms with Crippen LogP contribution in [0.4, 0.5) is 4.39 Å². The molecule has 2 rings (SSSR count). The third kappa shape index (κ3) is 3.78. The first-order valence-corrected chi connectivity index (χ1v) is 8.75. The molecule has 7 heteroatoms. The van der Waals surface area contributed by atoms with Crippen molar-refractivity contribution >= 4 is 26.0 Å². The molecule has 0 heterocycles. The molecule has 1 aromatic carbocycles. The number of nitrogens with zero attached hydrogens (tertiary/aromatic N) is 1. The van der Waals surface area contributed by atoms with E-state index in [0.717, 1.165) is 6.07 Å². The number of likely N-dealkylation sites (N-methyl/N-ethyl adjacent to an activating group) is 1. The summed E-state index contributed by atoms with van der Waals surface area (Å²) in [5.74, 6) is -0.587. The normalized spacial score (nSPS) is 17.4. The standard InChI is InChI=1S/C13H18BrFN2O2S/c1-9(17(2)10-3-4-10)8-16-20(18,19)11-5-6-12(14)13(15)7-11/h5-7,9-10,16H,3-4,8H2,1-2H3. The second-order valence-corrected chi connectivity index (χ2v) is 7.79. The first kappa shape index (κ1) is 15.9. The highest BCUT2D eigenvalue weighted by molar-refractivity contribution is 9.10. The smallest absolute Gasteiger partial charge is 0.240 e. The van der Waals surface area contributed by atoms with E-state index < -0.39 is 15.8 Å². The van der Waals surface area contributed by atoms with Gasteiger partial charge in [0, 0.05) is 18.6 Å². The molecule has 0 spiro atoms. The predicted octanol–water partition coefficient (Wildman–Crippen LogP) is 2.35. The molecule has 1 N–H and O–H groups in total. The van der Waals surface area contributed by atoms with E-state index in [1.807, 2.05) is 14.0 Å². The lowest BCUT2D eigenvalue weighted by Gasteiger charge is -2.24. The highest BCUT2D eigenvalue weighted by atomic mass is 79.9. The molecule has 1 aromatic rings. The predicted molar refractivity (Wildman–Crippen MR) is 79.5 cm³/mol. The average Bonchev–Trinajstić information content (AvgIpc) is 3.22. The van der Waals surface area contributed by atoms with Gasteiger partial charge in [0.2, 0.25) is 10.0 Å². The van der Waals surface area contributed by atoms with Gasteiger partial charge in [-0.3, -0.25) is 4.90 Å². The molecule has 1 aliphatic rings. The first-order valence-electron chi connectivity index (χ1n) is 6.48. The van der Waals surface area contributed by atoms with Crippen LogP contribution in [0.5, 0.6) is 0 Å². The molecular weight excluding hydrogens is 347 g/mol. The first-order chi connectivity index (χ1) is 9.31. The average molecular weight is 365 g/mol. The summed E-state index contributed by atoms with van der Waals surface area (Å²) >= 11 is 3.00. The molecule has 1 saturated carbocycles. The van der Waals surface area contributed by atoms with Crippen molar-refractivity contribution in [3.8, 4) is 0 Å². The Bertz CT molecular complexity index is 590. The van der Waals surface area contributed by atoms with Gasteiger partial charge in [-0.15, -0.1) is 0 Å². The Morgan fingerprint density at radius 2 is 2.15 bits per heavy atom. The molecule has 0 aliphatic heterocycles. The van der Waals surface area contributed by atoms with Crippen LogP contribution in [0.15, 0.2) is 27.6 Å². The maximum absolute atomic E-state index is 13.4. The maximum Gasteiger partial charge on any atom is 0.240 e. The Balaban J connectivity index is 2.01. The molecule has 1 atom stereocenters. The van der Waals surface area contributed by atoms with Gasteiger partial charge >= 0.3 is 0 Å². The number of rotatable bonds is 6. The highest BCUT2D eigenvalue weighted by Crippen LogP contribution is 2.26. The van der Waals surface area contributed by atoms with E-state index in [1.54, 1.807) is 0 Å². The number of hydrogen-bond donors (Lipinski definition) is 1. The summed E-state index contributed by atoms with van der Waals surface area (Å²) < 4.78 is 40.4. The topological polar surface area (TPSA) is 49.4 Å². The number of benzene rings is 1. The Morgan fingerprint density at radius 3 is 2.70 bits per heavy atom. The van der Waals surface area contributed by atoms with Crippen molar-refractivity contribution in [2.75, 3.05) is 13.6 Å². The summed E-state index contributed by atoms with van der Waals surface area (Å²) in [7, 11) is -1.67. The summed E-state index contributed by atoms with van der Waals surface area (Å²) in [6.07, 6.45) is 2.34.